The van der Waals surface area contributed by atoms with Crippen molar-refractivity contribution in [2.75, 3.05) is 5.32 Å². The molecule has 4 unspecified atom stereocenters. The third kappa shape index (κ3) is 2.37. The highest BCUT2D eigenvalue weighted by Gasteiger charge is 2.39. The molecule has 1 fully saturated rings. The van der Waals surface area contributed by atoms with E-state index in [0.29, 0.717) is 0 Å². The summed E-state index contributed by atoms with van der Waals surface area (Å²) in [7, 11) is 0. The topological polar surface area (TPSA) is 24.1 Å². The average molecular weight is 258 g/mol. The summed E-state index contributed by atoms with van der Waals surface area (Å²) in [5.41, 5.74) is 2.03. The summed E-state index contributed by atoms with van der Waals surface area (Å²) in [5, 5.41) is 6.82. The van der Waals surface area contributed by atoms with Gasteiger partial charge >= 0.3 is 0 Å². The molecule has 0 saturated carbocycles. The first kappa shape index (κ1) is 12.3. The van der Waals surface area contributed by atoms with Gasteiger partial charge in [-0.25, -0.2) is 4.39 Å². The van der Waals surface area contributed by atoms with Crippen molar-refractivity contribution in [1.29, 1.82) is 0 Å². The van der Waals surface area contributed by atoms with Gasteiger partial charge in [-0.1, -0.05) is 37.3 Å². The van der Waals surface area contributed by atoms with Gasteiger partial charge in [-0.3, -0.25) is 0 Å². The zero-order valence-corrected chi connectivity index (χ0v) is 11.0. The number of halogens is 1. The van der Waals surface area contributed by atoms with Crippen LogP contribution in [-0.4, -0.2) is 12.3 Å². The van der Waals surface area contributed by atoms with Gasteiger partial charge in [-0.2, -0.15) is 0 Å². The Kier molecular flexibility index (Phi) is 3.28. The summed E-state index contributed by atoms with van der Waals surface area (Å²) in [5.74, 6) is -0.0670. The van der Waals surface area contributed by atoms with E-state index in [1.54, 1.807) is 0 Å². The first-order valence-electron chi connectivity index (χ1n) is 6.84. The monoisotopic (exact) mass is 258 g/mol. The molecule has 3 rings (SSSR count). The smallest absolute Gasteiger partial charge is 0.115 e. The highest BCUT2D eigenvalue weighted by Crippen LogP contribution is 2.35. The number of hydrogen-bond acceptors (Lipinski definition) is 2. The number of piperidine rings is 1. The van der Waals surface area contributed by atoms with Crippen LogP contribution in [0.4, 0.5) is 10.1 Å². The van der Waals surface area contributed by atoms with E-state index in [-0.39, 0.29) is 18.0 Å². The molecule has 0 amide bonds. The third-order valence-corrected chi connectivity index (χ3v) is 4.03. The van der Waals surface area contributed by atoms with Crippen LogP contribution >= 0.6 is 0 Å². The summed E-state index contributed by atoms with van der Waals surface area (Å²) in [6.45, 7) is 1.97. The number of allylic oxidation sites excluding steroid dienone is 4. The number of para-hydroxylation sites is 1. The number of anilines is 1. The summed E-state index contributed by atoms with van der Waals surface area (Å²) in [6.07, 6.45) is 5.96. The zero-order chi connectivity index (χ0) is 13.2. The van der Waals surface area contributed by atoms with E-state index in [4.69, 9.17) is 0 Å². The number of rotatable bonds is 2. The van der Waals surface area contributed by atoms with Crippen LogP contribution in [-0.2, 0) is 0 Å². The molecule has 1 aromatic carbocycles. The van der Waals surface area contributed by atoms with Crippen LogP contribution in [0.3, 0.4) is 0 Å². The van der Waals surface area contributed by atoms with Gasteiger partial charge in [0, 0.05) is 23.2 Å². The van der Waals surface area contributed by atoms with Gasteiger partial charge < -0.3 is 10.6 Å². The SMILES string of the molecule is CC1C(Nc2ccccc2)NC2=CC=CCC2C1F. The highest BCUT2D eigenvalue weighted by atomic mass is 19.1. The highest BCUT2D eigenvalue weighted by molar-refractivity contribution is 5.44. The van der Waals surface area contributed by atoms with Gasteiger partial charge in [-0.15, -0.1) is 0 Å². The lowest BCUT2D eigenvalue weighted by Gasteiger charge is -2.41. The van der Waals surface area contributed by atoms with Crippen LogP contribution in [0.15, 0.2) is 54.3 Å². The number of hydrogen-bond donors (Lipinski definition) is 2. The molecule has 2 N–H and O–H groups in total. The fraction of sp³-hybridized carbons (Fsp3) is 0.375. The molecule has 1 heterocycles. The molecule has 100 valence electrons. The largest absolute Gasteiger partial charge is 0.368 e. The van der Waals surface area contributed by atoms with E-state index in [1.807, 2.05) is 55.5 Å². The van der Waals surface area contributed by atoms with Gasteiger partial charge in [0.2, 0.25) is 0 Å². The Bertz CT molecular complexity index is 495. The molecule has 2 aliphatic rings. The molecule has 1 aliphatic heterocycles. The summed E-state index contributed by atoms with van der Waals surface area (Å²) in [4.78, 5) is 0. The van der Waals surface area contributed by atoms with Gasteiger partial charge in [0.05, 0.1) is 0 Å². The minimum absolute atomic E-state index is 0.00572. The van der Waals surface area contributed by atoms with Gasteiger partial charge in [-0.05, 0) is 24.6 Å². The summed E-state index contributed by atoms with van der Waals surface area (Å²) in [6, 6.07) is 9.94. The molecule has 2 nitrogen and oxygen atoms in total. The molecule has 0 bridgehead atoms. The van der Waals surface area contributed by atoms with E-state index in [9.17, 15) is 4.39 Å². The minimum Gasteiger partial charge on any atom is -0.368 e. The molecule has 3 heteroatoms. The van der Waals surface area contributed by atoms with Crippen LogP contribution < -0.4 is 10.6 Å². The standard InChI is InChI=1S/C16H19FN2/c1-11-15(17)13-9-5-6-10-14(13)19-16(11)18-12-7-3-2-4-8-12/h2-8,10-11,13,15-16,18-19H,9H2,1H3. The van der Waals surface area contributed by atoms with Crippen molar-refractivity contribution in [2.45, 2.75) is 25.7 Å². The van der Waals surface area contributed by atoms with Crippen molar-refractivity contribution in [2.24, 2.45) is 11.8 Å². The van der Waals surface area contributed by atoms with Crippen LogP contribution in [0.5, 0.6) is 0 Å². The van der Waals surface area contributed by atoms with Gasteiger partial charge in [0.15, 0.2) is 0 Å². The van der Waals surface area contributed by atoms with E-state index in [0.717, 1.165) is 17.8 Å². The second kappa shape index (κ2) is 5.08. The molecule has 1 aliphatic carbocycles. The molecule has 0 spiro atoms. The lowest BCUT2D eigenvalue weighted by Crippen LogP contribution is -2.53. The van der Waals surface area contributed by atoms with Crippen LogP contribution in [0.25, 0.3) is 0 Å². The molecule has 19 heavy (non-hydrogen) atoms. The number of fused-ring (bicyclic) bond motifs is 1. The number of benzene rings is 1. The number of nitrogens with one attached hydrogen (secondary N) is 2. The Balaban J connectivity index is 1.78. The molecule has 1 saturated heterocycles. The number of alkyl halides is 1. The molecular formula is C16H19FN2. The second-order valence-corrected chi connectivity index (χ2v) is 5.33. The quantitative estimate of drug-likeness (QED) is 0.849. The maximum Gasteiger partial charge on any atom is 0.115 e. The van der Waals surface area contributed by atoms with E-state index >= 15 is 0 Å². The van der Waals surface area contributed by atoms with Crippen molar-refractivity contribution in [3.05, 3.63) is 54.3 Å². The first-order chi connectivity index (χ1) is 9.25. The average Bonchev–Trinajstić information content (AvgIpc) is 2.46. The van der Waals surface area contributed by atoms with Crippen LogP contribution in [0.2, 0.25) is 0 Å². The van der Waals surface area contributed by atoms with Crippen molar-refractivity contribution in [3.8, 4) is 0 Å². The second-order valence-electron chi connectivity index (χ2n) is 5.33. The predicted octanol–water partition coefficient (Wildman–Crippen LogP) is 3.46. The first-order valence-corrected chi connectivity index (χ1v) is 6.84. The fourth-order valence-electron chi connectivity index (χ4n) is 2.85. The Morgan fingerprint density at radius 3 is 2.84 bits per heavy atom. The maximum atomic E-state index is 14.5. The summed E-state index contributed by atoms with van der Waals surface area (Å²) < 4.78 is 14.5. The Hall–Kier alpha value is -1.77. The Morgan fingerprint density at radius 2 is 2.05 bits per heavy atom. The molecular weight excluding hydrogens is 239 g/mol. The van der Waals surface area contributed by atoms with E-state index in [2.05, 4.69) is 10.6 Å². The van der Waals surface area contributed by atoms with Gasteiger partial charge in [0.25, 0.3) is 0 Å². The molecule has 1 aromatic rings. The predicted molar refractivity (Wildman–Crippen MR) is 76.4 cm³/mol. The third-order valence-electron chi connectivity index (χ3n) is 4.03. The van der Waals surface area contributed by atoms with E-state index in [1.165, 1.54) is 0 Å². The zero-order valence-electron chi connectivity index (χ0n) is 11.0. The van der Waals surface area contributed by atoms with E-state index < -0.39 is 6.17 Å². The molecule has 0 radical (unpaired) electrons. The Morgan fingerprint density at radius 1 is 1.26 bits per heavy atom. The normalized spacial score (nSPS) is 33.1. The van der Waals surface area contributed by atoms with Crippen molar-refractivity contribution in [1.82, 2.24) is 5.32 Å². The fourth-order valence-corrected chi connectivity index (χ4v) is 2.85. The molecule has 0 aromatic heterocycles. The van der Waals surface area contributed by atoms with Gasteiger partial charge in [0.1, 0.15) is 12.3 Å². The maximum absolute atomic E-state index is 14.5. The van der Waals surface area contributed by atoms with Crippen molar-refractivity contribution in [3.63, 3.8) is 0 Å². The lowest BCUT2D eigenvalue weighted by atomic mass is 9.81. The summed E-state index contributed by atoms with van der Waals surface area (Å²) >= 11 is 0. The van der Waals surface area contributed by atoms with Crippen molar-refractivity contribution >= 4 is 5.69 Å². The molecule has 4 atom stereocenters. The van der Waals surface area contributed by atoms with Crippen LogP contribution in [0, 0.1) is 11.8 Å². The van der Waals surface area contributed by atoms with Crippen molar-refractivity contribution < 1.29 is 4.39 Å². The Labute approximate surface area is 113 Å². The van der Waals surface area contributed by atoms with Crippen LogP contribution in [0.1, 0.15) is 13.3 Å². The lowest BCUT2D eigenvalue weighted by molar-refractivity contribution is 0.122. The minimum atomic E-state index is -0.807.